The van der Waals surface area contributed by atoms with E-state index in [1.165, 1.54) is 0 Å². The first-order chi connectivity index (χ1) is 14.7. The number of piperazine rings is 1. The number of benzene rings is 2. The number of aromatic nitrogens is 1. The lowest BCUT2D eigenvalue weighted by atomic mass is 10.1. The lowest BCUT2D eigenvalue weighted by Gasteiger charge is -2.36. The van der Waals surface area contributed by atoms with Gasteiger partial charge in [0.25, 0.3) is 5.91 Å². The van der Waals surface area contributed by atoms with Crippen molar-refractivity contribution in [2.75, 3.05) is 43.5 Å². The molecule has 1 fully saturated rings. The molecule has 0 radical (unpaired) electrons. The molecule has 1 amide bonds. The molecule has 0 spiro atoms. The van der Waals surface area contributed by atoms with Crippen LogP contribution in [-0.2, 0) is 0 Å². The molecular weight excluding hydrogens is 380 g/mol. The fraction of sp³-hybridized carbons (Fsp3) is 0.217. The van der Waals surface area contributed by atoms with E-state index in [0.29, 0.717) is 43.3 Å². The van der Waals surface area contributed by atoms with E-state index < -0.39 is 0 Å². The molecule has 1 aliphatic rings. The van der Waals surface area contributed by atoms with Crippen LogP contribution in [0.25, 0.3) is 0 Å². The van der Waals surface area contributed by atoms with E-state index in [-0.39, 0.29) is 11.7 Å². The van der Waals surface area contributed by atoms with Gasteiger partial charge >= 0.3 is 0 Å². The zero-order valence-corrected chi connectivity index (χ0v) is 16.8. The average molecular weight is 404 g/mol. The minimum Gasteiger partial charge on any atom is -0.508 e. The number of hydrogen-bond acceptors (Lipinski definition) is 6. The maximum absolute atomic E-state index is 13.2. The van der Waals surface area contributed by atoms with Crippen molar-refractivity contribution in [1.29, 1.82) is 0 Å². The monoisotopic (exact) mass is 404 g/mol. The topological polar surface area (TPSA) is 77.9 Å². The Morgan fingerprint density at radius 1 is 1.03 bits per heavy atom. The Morgan fingerprint density at radius 3 is 2.60 bits per heavy atom. The molecule has 0 atom stereocenters. The largest absolute Gasteiger partial charge is 0.508 e. The van der Waals surface area contributed by atoms with Crippen LogP contribution in [0.15, 0.2) is 66.9 Å². The molecule has 1 saturated heterocycles. The van der Waals surface area contributed by atoms with Crippen molar-refractivity contribution in [1.82, 2.24) is 9.88 Å². The van der Waals surface area contributed by atoms with Crippen molar-refractivity contribution in [2.24, 2.45) is 0 Å². The van der Waals surface area contributed by atoms with Crippen LogP contribution in [0.2, 0.25) is 0 Å². The maximum atomic E-state index is 13.2. The van der Waals surface area contributed by atoms with Crippen molar-refractivity contribution >= 4 is 23.1 Å². The molecule has 2 aromatic carbocycles. The molecule has 2 N–H and O–H groups in total. The zero-order valence-electron chi connectivity index (χ0n) is 16.8. The van der Waals surface area contributed by atoms with Crippen LogP contribution < -0.4 is 15.0 Å². The summed E-state index contributed by atoms with van der Waals surface area (Å²) >= 11 is 0. The van der Waals surface area contributed by atoms with Gasteiger partial charge in [-0.3, -0.25) is 4.79 Å². The van der Waals surface area contributed by atoms with E-state index in [0.717, 1.165) is 11.4 Å². The summed E-state index contributed by atoms with van der Waals surface area (Å²) in [6.07, 6.45) is 1.66. The van der Waals surface area contributed by atoms with Crippen LogP contribution in [0.4, 0.5) is 17.2 Å². The Bertz CT molecular complexity index is 1030. The first-order valence-electron chi connectivity index (χ1n) is 9.84. The van der Waals surface area contributed by atoms with Crippen LogP contribution in [0, 0.1) is 0 Å². The summed E-state index contributed by atoms with van der Waals surface area (Å²) in [7, 11) is 1.61. The third-order valence-electron chi connectivity index (χ3n) is 5.16. The van der Waals surface area contributed by atoms with Crippen LogP contribution in [0.3, 0.4) is 0 Å². The van der Waals surface area contributed by atoms with Crippen molar-refractivity contribution in [3.05, 3.63) is 72.4 Å². The molecule has 7 heteroatoms. The second-order valence-electron chi connectivity index (χ2n) is 7.02. The smallest absolute Gasteiger partial charge is 0.257 e. The number of pyridine rings is 1. The highest BCUT2D eigenvalue weighted by atomic mass is 16.5. The molecule has 1 aliphatic heterocycles. The van der Waals surface area contributed by atoms with Crippen molar-refractivity contribution in [3.8, 4) is 11.5 Å². The molecule has 2 heterocycles. The second kappa shape index (κ2) is 8.73. The third-order valence-corrected chi connectivity index (χ3v) is 5.16. The quantitative estimate of drug-likeness (QED) is 0.678. The van der Waals surface area contributed by atoms with Crippen LogP contribution in [-0.4, -0.2) is 54.2 Å². The predicted octanol–water partition coefficient (Wildman–Crippen LogP) is 3.50. The molecule has 0 saturated carbocycles. The summed E-state index contributed by atoms with van der Waals surface area (Å²) in [6.45, 7) is 2.59. The van der Waals surface area contributed by atoms with E-state index in [1.54, 1.807) is 37.6 Å². The van der Waals surface area contributed by atoms with Crippen LogP contribution in [0.1, 0.15) is 10.4 Å². The molecule has 154 valence electrons. The number of rotatable bonds is 5. The molecule has 3 aromatic rings. The van der Waals surface area contributed by atoms with Crippen molar-refractivity contribution in [3.63, 3.8) is 0 Å². The average Bonchev–Trinajstić information content (AvgIpc) is 2.79. The number of carbonyl (C=O) groups is 1. The van der Waals surface area contributed by atoms with Gasteiger partial charge in [0.05, 0.1) is 18.4 Å². The summed E-state index contributed by atoms with van der Waals surface area (Å²) < 4.78 is 5.39. The minimum absolute atomic E-state index is 0.0592. The Balaban J connectivity index is 1.48. The highest BCUT2D eigenvalue weighted by Crippen LogP contribution is 2.28. The summed E-state index contributed by atoms with van der Waals surface area (Å²) in [6, 6.07) is 18.3. The maximum Gasteiger partial charge on any atom is 0.257 e. The molecule has 7 nitrogen and oxygen atoms in total. The number of para-hydroxylation sites is 2. The molecular formula is C23H24N4O3. The molecule has 0 unspecified atom stereocenters. The van der Waals surface area contributed by atoms with Crippen molar-refractivity contribution < 1.29 is 14.6 Å². The van der Waals surface area contributed by atoms with E-state index in [4.69, 9.17) is 4.74 Å². The Labute approximate surface area is 175 Å². The van der Waals surface area contributed by atoms with E-state index >= 15 is 0 Å². The number of phenols is 1. The number of nitrogens with one attached hydrogen (secondary N) is 1. The molecule has 4 rings (SSSR count). The SMILES string of the molecule is COc1ccccc1Nc1ncccc1C(=O)N1CCN(c2cccc(O)c2)CC1. The zero-order chi connectivity index (χ0) is 20.9. The van der Waals surface area contributed by atoms with Crippen LogP contribution >= 0.6 is 0 Å². The number of ether oxygens (including phenoxy) is 1. The number of anilines is 3. The fourth-order valence-corrected chi connectivity index (χ4v) is 3.58. The molecule has 0 bridgehead atoms. The first-order valence-corrected chi connectivity index (χ1v) is 9.84. The van der Waals surface area contributed by atoms with E-state index in [9.17, 15) is 9.90 Å². The van der Waals surface area contributed by atoms with Gasteiger partial charge < -0.3 is 25.0 Å². The predicted molar refractivity (Wildman–Crippen MR) is 117 cm³/mol. The van der Waals surface area contributed by atoms with E-state index in [1.807, 2.05) is 41.3 Å². The highest BCUT2D eigenvalue weighted by molar-refractivity contribution is 5.99. The van der Waals surface area contributed by atoms with Gasteiger partial charge in [-0.2, -0.15) is 0 Å². The van der Waals surface area contributed by atoms with Gasteiger partial charge in [-0.15, -0.1) is 0 Å². The van der Waals surface area contributed by atoms with Crippen molar-refractivity contribution in [2.45, 2.75) is 0 Å². The van der Waals surface area contributed by atoms with E-state index in [2.05, 4.69) is 15.2 Å². The number of amides is 1. The minimum atomic E-state index is -0.0592. The normalized spacial score (nSPS) is 13.8. The first kappa shape index (κ1) is 19.6. The Morgan fingerprint density at radius 2 is 1.83 bits per heavy atom. The van der Waals surface area contributed by atoms with Gasteiger partial charge in [0, 0.05) is 44.1 Å². The Kier molecular flexibility index (Phi) is 5.70. The summed E-state index contributed by atoms with van der Waals surface area (Å²) in [5.41, 5.74) is 2.23. The highest BCUT2D eigenvalue weighted by Gasteiger charge is 2.25. The summed E-state index contributed by atoms with van der Waals surface area (Å²) in [5.74, 6) is 1.37. The standard InChI is InChI=1S/C23H24N4O3/c1-30-21-10-3-2-9-20(21)25-22-19(8-5-11-24-22)23(29)27-14-12-26(13-15-27)17-6-4-7-18(28)16-17/h2-11,16,28H,12-15H2,1H3,(H,24,25). The van der Waals surface area contributed by atoms with Gasteiger partial charge in [-0.25, -0.2) is 4.98 Å². The van der Waals surface area contributed by atoms with Gasteiger partial charge in [-0.1, -0.05) is 18.2 Å². The number of carbonyl (C=O) groups excluding carboxylic acids is 1. The lowest BCUT2D eigenvalue weighted by molar-refractivity contribution is 0.0747. The summed E-state index contributed by atoms with van der Waals surface area (Å²) in [5, 5.41) is 12.9. The summed E-state index contributed by atoms with van der Waals surface area (Å²) in [4.78, 5) is 21.6. The number of phenolic OH excluding ortho intramolecular Hbond substituents is 1. The third kappa shape index (κ3) is 4.15. The number of nitrogens with zero attached hydrogens (tertiary/aromatic N) is 3. The van der Waals surface area contributed by atoms with Gasteiger partial charge in [-0.05, 0) is 36.4 Å². The van der Waals surface area contributed by atoms with Gasteiger partial charge in [0.2, 0.25) is 0 Å². The second-order valence-corrected chi connectivity index (χ2v) is 7.02. The van der Waals surface area contributed by atoms with Crippen LogP contribution in [0.5, 0.6) is 11.5 Å². The molecule has 0 aliphatic carbocycles. The lowest BCUT2D eigenvalue weighted by Crippen LogP contribution is -2.48. The number of methoxy groups -OCH3 is 1. The number of aromatic hydroxyl groups is 1. The molecule has 30 heavy (non-hydrogen) atoms. The van der Waals surface area contributed by atoms with Gasteiger partial charge in [0.15, 0.2) is 0 Å². The van der Waals surface area contributed by atoms with Gasteiger partial charge in [0.1, 0.15) is 17.3 Å². The fourth-order valence-electron chi connectivity index (χ4n) is 3.58. The number of hydrogen-bond donors (Lipinski definition) is 2. The Hall–Kier alpha value is -3.74. The molecule has 1 aromatic heterocycles.